The fourth-order valence-electron chi connectivity index (χ4n) is 2.36. The number of hydrogen-bond acceptors (Lipinski definition) is 2. The van der Waals surface area contributed by atoms with E-state index >= 15 is 0 Å². The van der Waals surface area contributed by atoms with Crippen LogP contribution in [0.25, 0.3) is 0 Å². The molecule has 2 rings (SSSR count). The number of ether oxygens (including phenoxy) is 1. The molecular formula is C14H21NO. The van der Waals surface area contributed by atoms with Gasteiger partial charge in [0, 0.05) is 6.04 Å². The molecule has 0 heterocycles. The van der Waals surface area contributed by atoms with Crippen LogP contribution in [0.1, 0.15) is 32.3 Å². The van der Waals surface area contributed by atoms with E-state index in [0.717, 1.165) is 18.6 Å². The smallest absolute Gasteiger partial charge is 0.120 e. The summed E-state index contributed by atoms with van der Waals surface area (Å²) >= 11 is 0. The predicted molar refractivity (Wildman–Crippen MR) is 66.6 cm³/mol. The SMILES string of the molecule is Cc1cccc(OC2CCC(C)(C)C2N)c1. The fourth-order valence-corrected chi connectivity index (χ4v) is 2.36. The van der Waals surface area contributed by atoms with E-state index in [2.05, 4.69) is 32.9 Å². The molecule has 0 aromatic heterocycles. The quantitative estimate of drug-likeness (QED) is 0.830. The Morgan fingerprint density at radius 3 is 2.69 bits per heavy atom. The second kappa shape index (κ2) is 4.10. The zero-order valence-electron chi connectivity index (χ0n) is 10.4. The first kappa shape index (κ1) is 11.5. The van der Waals surface area contributed by atoms with Gasteiger partial charge in [-0.3, -0.25) is 0 Å². The van der Waals surface area contributed by atoms with Gasteiger partial charge >= 0.3 is 0 Å². The Balaban J connectivity index is 2.06. The van der Waals surface area contributed by atoms with Gasteiger partial charge in [0.1, 0.15) is 11.9 Å². The summed E-state index contributed by atoms with van der Waals surface area (Å²) in [6.07, 6.45) is 2.36. The molecule has 1 fully saturated rings. The predicted octanol–water partition coefficient (Wildman–Crippen LogP) is 2.89. The highest BCUT2D eigenvalue weighted by molar-refractivity contribution is 5.28. The molecular weight excluding hydrogens is 198 g/mol. The van der Waals surface area contributed by atoms with E-state index in [1.807, 2.05) is 12.1 Å². The number of rotatable bonds is 2. The Morgan fingerprint density at radius 1 is 1.38 bits per heavy atom. The third-order valence-electron chi connectivity index (χ3n) is 3.65. The molecule has 0 aliphatic heterocycles. The molecule has 1 aliphatic rings. The van der Waals surface area contributed by atoms with Crippen molar-refractivity contribution in [3.63, 3.8) is 0 Å². The van der Waals surface area contributed by atoms with Gasteiger partial charge in [0.2, 0.25) is 0 Å². The van der Waals surface area contributed by atoms with Crippen LogP contribution in [-0.2, 0) is 0 Å². The molecule has 2 atom stereocenters. The first-order chi connectivity index (χ1) is 7.49. The van der Waals surface area contributed by atoms with Crippen molar-refractivity contribution in [1.82, 2.24) is 0 Å². The Labute approximate surface area is 97.8 Å². The van der Waals surface area contributed by atoms with Crippen LogP contribution < -0.4 is 10.5 Å². The molecule has 1 aromatic carbocycles. The number of benzene rings is 1. The van der Waals surface area contributed by atoms with E-state index in [-0.39, 0.29) is 17.6 Å². The Hall–Kier alpha value is -1.02. The van der Waals surface area contributed by atoms with E-state index < -0.39 is 0 Å². The Bertz CT molecular complexity index is 373. The lowest BCUT2D eigenvalue weighted by Gasteiger charge is -2.27. The maximum absolute atomic E-state index is 6.22. The molecule has 2 nitrogen and oxygen atoms in total. The van der Waals surface area contributed by atoms with E-state index in [1.54, 1.807) is 0 Å². The fraction of sp³-hybridized carbons (Fsp3) is 0.571. The molecule has 2 N–H and O–H groups in total. The van der Waals surface area contributed by atoms with Crippen molar-refractivity contribution < 1.29 is 4.74 Å². The van der Waals surface area contributed by atoms with Crippen molar-refractivity contribution in [3.05, 3.63) is 29.8 Å². The highest BCUT2D eigenvalue weighted by Crippen LogP contribution is 2.38. The number of hydrogen-bond donors (Lipinski definition) is 1. The lowest BCUT2D eigenvalue weighted by atomic mass is 9.88. The minimum absolute atomic E-state index is 0.132. The van der Waals surface area contributed by atoms with Gasteiger partial charge in [-0.1, -0.05) is 26.0 Å². The van der Waals surface area contributed by atoms with Crippen molar-refractivity contribution in [2.24, 2.45) is 11.1 Å². The van der Waals surface area contributed by atoms with Gasteiger partial charge in [-0.05, 0) is 42.9 Å². The molecule has 1 aromatic rings. The van der Waals surface area contributed by atoms with E-state index in [9.17, 15) is 0 Å². The Kier molecular flexibility index (Phi) is 2.94. The average Bonchev–Trinajstić information content (AvgIpc) is 2.45. The summed E-state index contributed by atoms with van der Waals surface area (Å²) in [5.74, 6) is 0.943. The average molecular weight is 219 g/mol. The molecule has 0 amide bonds. The number of nitrogens with two attached hydrogens (primary N) is 1. The summed E-state index contributed by atoms with van der Waals surface area (Å²) in [7, 11) is 0. The second-order valence-corrected chi connectivity index (χ2v) is 5.53. The second-order valence-electron chi connectivity index (χ2n) is 5.53. The molecule has 1 aliphatic carbocycles. The maximum atomic E-state index is 6.22. The van der Waals surface area contributed by atoms with Gasteiger partial charge in [0.15, 0.2) is 0 Å². The highest BCUT2D eigenvalue weighted by Gasteiger charge is 2.40. The van der Waals surface area contributed by atoms with Crippen LogP contribution in [0.2, 0.25) is 0 Å². The maximum Gasteiger partial charge on any atom is 0.120 e. The topological polar surface area (TPSA) is 35.2 Å². The monoisotopic (exact) mass is 219 g/mol. The van der Waals surface area contributed by atoms with Gasteiger partial charge in [-0.25, -0.2) is 0 Å². The number of aryl methyl sites for hydroxylation is 1. The molecule has 2 heteroatoms. The largest absolute Gasteiger partial charge is 0.489 e. The van der Waals surface area contributed by atoms with Crippen LogP contribution in [-0.4, -0.2) is 12.1 Å². The molecule has 0 radical (unpaired) electrons. The summed E-state index contributed by atoms with van der Waals surface area (Å²) in [5.41, 5.74) is 7.65. The van der Waals surface area contributed by atoms with Gasteiger partial charge in [0.25, 0.3) is 0 Å². The summed E-state index contributed by atoms with van der Waals surface area (Å²) in [4.78, 5) is 0. The highest BCUT2D eigenvalue weighted by atomic mass is 16.5. The molecule has 88 valence electrons. The standard InChI is InChI=1S/C14H21NO/c1-10-5-4-6-11(9-10)16-12-7-8-14(2,3)13(12)15/h4-6,9,12-13H,7-8,15H2,1-3H3. The molecule has 0 spiro atoms. The normalized spacial score (nSPS) is 28.0. The first-order valence-electron chi connectivity index (χ1n) is 5.98. The van der Waals surface area contributed by atoms with E-state index in [1.165, 1.54) is 5.56 Å². The van der Waals surface area contributed by atoms with Crippen molar-refractivity contribution in [2.45, 2.75) is 45.8 Å². The molecule has 2 unspecified atom stereocenters. The van der Waals surface area contributed by atoms with Crippen LogP contribution in [0.4, 0.5) is 0 Å². The first-order valence-corrected chi connectivity index (χ1v) is 5.98. The van der Waals surface area contributed by atoms with E-state index in [0.29, 0.717) is 0 Å². The van der Waals surface area contributed by atoms with E-state index in [4.69, 9.17) is 10.5 Å². The van der Waals surface area contributed by atoms with Crippen LogP contribution in [0.5, 0.6) is 5.75 Å². The summed E-state index contributed by atoms with van der Waals surface area (Å²) < 4.78 is 5.98. The molecule has 0 bridgehead atoms. The van der Waals surface area contributed by atoms with Crippen LogP contribution in [0, 0.1) is 12.3 Å². The molecule has 0 saturated heterocycles. The summed E-state index contributed by atoms with van der Waals surface area (Å²) in [6, 6.07) is 8.30. The third kappa shape index (κ3) is 2.22. The zero-order chi connectivity index (χ0) is 11.8. The van der Waals surface area contributed by atoms with Crippen molar-refractivity contribution in [1.29, 1.82) is 0 Å². The molecule has 16 heavy (non-hydrogen) atoms. The van der Waals surface area contributed by atoms with Crippen molar-refractivity contribution >= 4 is 0 Å². The van der Waals surface area contributed by atoms with Gasteiger partial charge < -0.3 is 10.5 Å². The van der Waals surface area contributed by atoms with Gasteiger partial charge in [-0.15, -0.1) is 0 Å². The minimum atomic E-state index is 0.132. The van der Waals surface area contributed by atoms with Gasteiger partial charge in [-0.2, -0.15) is 0 Å². The molecule has 1 saturated carbocycles. The van der Waals surface area contributed by atoms with Crippen LogP contribution in [0.15, 0.2) is 24.3 Å². The Morgan fingerprint density at radius 2 is 2.12 bits per heavy atom. The van der Waals surface area contributed by atoms with Crippen LogP contribution in [0.3, 0.4) is 0 Å². The van der Waals surface area contributed by atoms with Crippen molar-refractivity contribution in [2.75, 3.05) is 0 Å². The van der Waals surface area contributed by atoms with Crippen molar-refractivity contribution in [3.8, 4) is 5.75 Å². The zero-order valence-corrected chi connectivity index (χ0v) is 10.4. The third-order valence-corrected chi connectivity index (χ3v) is 3.65. The lowest BCUT2D eigenvalue weighted by Crippen LogP contribution is -2.42. The summed E-state index contributed by atoms with van der Waals surface area (Å²) in [6.45, 7) is 6.51. The minimum Gasteiger partial charge on any atom is -0.489 e. The van der Waals surface area contributed by atoms with Gasteiger partial charge in [0.05, 0.1) is 0 Å². The lowest BCUT2D eigenvalue weighted by molar-refractivity contribution is 0.165. The summed E-state index contributed by atoms with van der Waals surface area (Å²) in [5, 5.41) is 0. The van der Waals surface area contributed by atoms with Crippen LogP contribution >= 0.6 is 0 Å².